The molecule has 5 nitrogen and oxygen atoms in total. The molecule has 0 spiro atoms. The number of benzene rings is 1. The van der Waals surface area contributed by atoms with E-state index in [-0.39, 0.29) is 23.8 Å². The molecule has 0 N–H and O–H groups in total. The summed E-state index contributed by atoms with van der Waals surface area (Å²) in [7, 11) is 2.12. The molecule has 1 aromatic heterocycles. The van der Waals surface area contributed by atoms with Crippen molar-refractivity contribution in [2.45, 2.75) is 65.3 Å². The van der Waals surface area contributed by atoms with Gasteiger partial charge in [-0.3, -0.25) is 19.1 Å². The Balaban J connectivity index is 1.75. The highest BCUT2D eigenvalue weighted by Gasteiger charge is 2.38. The second-order valence-electron chi connectivity index (χ2n) is 9.41. The molecule has 1 aliphatic heterocycles. The second-order valence-corrected chi connectivity index (χ2v) is 10.2. The molecule has 1 aromatic carbocycles. The van der Waals surface area contributed by atoms with Crippen molar-refractivity contribution in [1.29, 1.82) is 0 Å². The molecule has 0 saturated carbocycles. The van der Waals surface area contributed by atoms with E-state index in [0.717, 1.165) is 54.4 Å². The van der Waals surface area contributed by atoms with Crippen LogP contribution in [0.4, 0.5) is 0 Å². The lowest BCUT2D eigenvalue weighted by molar-refractivity contribution is -0.134. The van der Waals surface area contributed by atoms with Crippen LogP contribution in [0.25, 0.3) is 16.5 Å². The van der Waals surface area contributed by atoms with Crippen LogP contribution in [0.3, 0.4) is 0 Å². The minimum atomic E-state index is -0.135. The molecule has 2 aromatic rings. The predicted octanol–water partition coefficient (Wildman–Crippen LogP) is 5.75. The summed E-state index contributed by atoms with van der Waals surface area (Å²) < 4.78 is 2.79. The third-order valence-corrected chi connectivity index (χ3v) is 8.21. The van der Waals surface area contributed by atoms with Crippen molar-refractivity contribution in [2.24, 2.45) is 5.92 Å². The highest BCUT2D eigenvalue weighted by molar-refractivity contribution is 9.10. The first-order chi connectivity index (χ1) is 15.9. The van der Waals surface area contributed by atoms with Crippen LogP contribution < -0.4 is 0 Å². The fourth-order valence-corrected chi connectivity index (χ4v) is 6.32. The molecule has 2 heterocycles. The van der Waals surface area contributed by atoms with Crippen LogP contribution in [0.15, 0.2) is 28.9 Å². The highest BCUT2D eigenvalue weighted by Crippen LogP contribution is 2.45. The first-order valence-electron chi connectivity index (χ1n) is 12.5. The lowest BCUT2D eigenvalue weighted by atomic mass is 9.79. The van der Waals surface area contributed by atoms with Crippen molar-refractivity contribution in [3.8, 4) is 0 Å². The zero-order valence-electron chi connectivity index (χ0n) is 20.4. The average molecular weight is 515 g/mol. The van der Waals surface area contributed by atoms with Crippen molar-refractivity contribution in [3.05, 3.63) is 40.0 Å². The summed E-state index contributed by atoms with van der Waals surface area (Å²) in [5.74, 6) is 0.230. The number of unbranched alkanes of at least 4 members (excludes halogenated alkanes) is 3. The van der Waals surface area contributed by atoms with Crippen LogP contribution in [-0.4, -0.2) is 58.9 Å². The van der Waals surface area contributed by atoms with Gasteiger partial charge in [-0.1, -0.05) is 44.4 Å². The minimum absolute atomic E-state index is 0.135. The first-order valence-corrected chi connectivity index (χ1v) is 13.3. The van der Waals surface area contributed by atoms with E-state index in [4.69, 9.17) is 0 Å². The molecule has 2 unspecified atom stereocenters. The third-order valence-electron chi connectivity index (χ3n) is 7.38. The van der Waals surface area contributed by atoms with Crippen molar-refractivity contribution in [1.82, 2.24) is 14.4 Å². The van der Waals surface area contributed by atoms with E-state index >= 15 is 0 Å². The Morgan fingerprint density at radius 2 is 1.88 bits per heavy atom. The summed E-state index contributed by atoms with van der Waals surface area (Å²) in [5.41, 5.74) is 4.59. The summed E-state index contributed by atoms with van der Waals surface area (Å²) >= 11 is 3.80. The number of hydrogen-bond donors (Lipinski definition) is 0. The van der Waals surface area contributed by atoms with Gasteiger partial charge in [-0.15, -0.1) is 0 Å². The van der Waals surface area contributed by atoms with Crippen molar-refractivity contribution < 1.29 is 9.59 Å². The summed E-state index contributed by atoms with van der Waals surface area (Å²) in [6.45, 7) is 8.46. The maximum Gasteiger partial charge on any atom is 0.231 e. The van der Waals surface area contributed by atoms with E-state index in [1.165, 1.54) is 29.5 Å². The lowest BCUT2D eigenvalue weighted by Crippen LogP contribution is -2.47. The summed E-state index contributed by atoms with van der Waals surface area (Å²) in [5, 5.41) is 1.16. The zero-order valence-corrected chi connectivity index (χ0v) is 22.0. The van der Waals surface area contributed by atoms with Gasteiger partial charge < -0.3 is 4.90 Å². The molecular formula is C27H36BrN3O2. The number of hydrogen-bond acceptors (Lipinski definition) is 3. The van der Waals surface area contributed by atoms with E-state index in [0.29, 0.717) is 6.42 Å². The Kier molecular flexibility index (Phi) is 7.44. The number of rotatable bonds is 8. The van der Waals surface area contributed by atoms with Gasteiger partial charge in [-0.05, 0) is 72.4 Å². The molecule has 4 rings (SSSR count). The molecule has 0 bridgehead atoms. The van der Waals surface area contributed by atoms with Crippen molar-refractivity contribution in [3.63, 3.8) is 0 Å². The van der Waals surface area contributed by atoms with Crippen LogP contribution in [0, 0.1) is 5.92 Å². The van der Waals surface area contributed by atoms with Crippen LogP contribution in [0.2, 0.25) is 0 Å². The van der Waals surface area contributed by atoms with E-state index in [9.17, 15) is 9.59 Å². The summed E-state index contributed by atoms with van der Waals surface area (Å²) in [6, 6.07) is 6.48. The number of nitrogens with zero attached hydrogens (tertiary/aromatic N) is 3. The molecule has 1 amide bonds. The van der Waals surface area contributed by atoms with E-state index in [1.54, 1.807) is 0 Å². The van der Waals surface area contributed by atoms with Gasteiger partial charge in [0.15, 0.2) is 0 Å². The summed E-state index contributed by atoms with van der Waals surface area (Å²) in [6.07, 6.45) is 7.99. The number of carbonyl (C=O) groups excluding carboxylic acids is 2. The molecule has 0 saturated heterocycles. The number of halogens is 1. The first kappa shape index (κ1) is 24.2. The highest BCUT2D eigenvalue weighted by atomic mass is 79.9. The lowest BCUT2D eigenvalue weighted by Gasteiger charge is -2.40. The Hall–Kier alpha value is -1.92. The van der Waals surface area contributed by atoms with Gasteiger partial charge in [-0.25, -0.2) is 0 Å². The molecule has 1 aliphatic carbocycles. The average Bonchev–Trinajstić information content (AvgIpc) is 3.10. The molecule has 2 aliphatic rings. The minimum Gasteiger partial charge on any atom is -0.343 e. The predicted molar refractivity (Wildman–Crippen MR) is 139 cm³/mol. The monoisotopic (exact) mass is 513 g/mol. The van der Waals surface area contributed by atoms with Crippen LogP contribution >= 0.6 is 15.9 Å². The topological polar surface area (TPSA) is 45.6 Å². The molecular weight excluding hydrogens is 478 g/mol. The van der Waals surface area contributed by atoms with E-state index < -0.39 is 0 Å². The van der Waals surface area contributed by atoms with Gasteiger partial charge in [0.1, 0.15) is 0 Å². The Bertz CT molecular complexity index is 1080. The molecule has 0 radical (unpaired) electrons. The van der Waals surface area contributed by atoms with Crippen LogP contribution in [-0.2, 0) is 11.2 Å². The smallest absolute Gasteiger partial charge is 0.231 e. The van der Waals surface area contributed by atoms with Crippen molar-refractivity contribution in [2.75, 3.05) is 26.7 Å². The SMILES string of the molecule is CCCCCCC(=O)n1c(Br)c2c3c(cccc31)C1=CC(C(=O)N(CC)CC)CN(C)C1C2. The number of carbonyl (C=O) groups is 2. The Morgan fingerprint density at radius 3 is 2.58 bits per heavy atom. The molecule has 0 fully saturated rings. The largest absolute Gasteiger partial charge is 0.343 e. The van der Waals surface area contributed by atoms with E-state index in [2.05, 4.69) is 53.0 Å². The fourth-order valence-electron chi connectivity index (χ4n) is 5.58. The van der Waals surface area contributed by atoms with Gasteiger partial charge in [0.25, 0.3) is 0 Å². The van der Waals surface area contributed by atoms with Gasteiger partial charge in [-0.2, -0.15) is 0 Å². The fraction of sp³-hybridized carbons (Fsp3) is 0.556. The summed E-state index contributed by atoms with van der Waals surface area (Å²) in [4.78, 5) is 30.6. The number of amides is 1. The Morgan fingerprint density at radius 1 is 1.12 bits per heavy atom. The van der Waals surface area contributed by atoms with Gasteiger partial charge in [0, 0.05) is 37.5 Å². The van der Waals surface area contributed by atoms with Gasteiger partial charge >= 0.3 is 0 Å². The number of aromatic nitrogens is 1. The molecule has 178 valence electrons. The number of fused-ring (bicyclic) bond motifs is 2. The van der Waals surface area contributed by atoms with Gasteiger partial charge in [0.05, 0.1) is 16.0 Å². The molecule has 2 atom stereocenters. The zero-order chi connectivity index (χ0) is 23.7. The van der Waals surface area contributed by atoms with Crippen LogP contribution in [0.1, 0.15) is 68.8 Å². The number of likely N-dealkylation sites (N-methyl/N-ethyl adjacent to an activating group) is 1. The maximum absolute atomic E-state index is 13.2. The second kappa shape index (κ2) is 10.1. The quantitative estimate of drug-likeness (QED) is 0.422. The third kappa shape index (κ3) is 4.32. The van der Waals surface area contributed by atoms with E-state index in [1.807, 2.05) is 29.4 Å². The molecule has 6 heteroatoms. The molecule has 33 heavy (non-hydrogen) atoms. The van der Waals surface area contributed by atoms with Crippen LogP contribution in [0.5, 0.6) is 0 Å². The van der Waals surface area contributed by atoms with Gasteiger partial charge in [0.2, 0.25) is 11.8 Å². The van der Waals surface area contributed by atoms with Crippen molar-refractivity contribution >= 4 is 44.2 Å². The Labute approximate surface area is 205 Å². The maximum atomic E-state index is 13.2. The normalized spacial score (nSPS) is 20.0. The standard InChI is InChI=1S/C27H36BrN3O2/c1-5-8-9-10-14-24(32)31-22-13-11-12-19-20-15-18(27(33)30(6-2)7-3)17-29(4)23(20)16-21(25(19)22)26(31)28/h11-13,15,18,23H,5-10,14,16-17H2,1-4H3.